The fourth-order valence-corrected chi connectivity index (χ4v) is 4.04. The van der Waals surface area contributed by atoms with Crippen LogP contribution in [0.2, 0.25) is 0 Å². The van der Waals surface area contributed by atoms with Crippen molar-refractivity contribution in [1.82, 2.24) is 15.2 Å². The molecule has 1 aromatic rings. The highest BCUT2D eigenvalue weighted by Crippen LogP contribution is 2.38. The summed E-state index contributed by atoms with van der Waals surface area (Å²) in [4.78, 5) is 33.2. The second-order valence-corrected chi connectivity index (χ2v) is 7.12. The first-order valence-corrected chi connectivity index (χ1v) is 9.04. The van der Waals surface area contributed by atoms with Crippen molar-refractivity contribution in [3.63, 3.8) is 0 Å². The van der Waals surface area contributed by atoms with E-state index in [1.165, 1.54) is 0 Å². The van der Waals surface area contributed by atoms with Crippen LogP contribution in [0.25, 0.3) is 0 Å². The lowest BCUT2D eigenvalue weighted by atomic mass is 9.79. The van der Waals surface area contributed by atoms with Gasteiger partial charge in [-0.25, -0.2) is 4.98 Å². The van der Waals surface area contributed by atoms with Crippen molar-refractivity contribution in [2.24, 2.45) is 5.41 Å². The Morgan fingerprint density at radius 2 is 2.04 bits per heavy atom. The first kappa shape index (κ1) is 16.3. The van der Waals surface area contributed by atoms with E-state index in [1.807, 2.05) is 12.1 Å². The van der Waals surface area contributed by atoms with E-state index in [0.717, 1.165) is 38.2 Å². The average molecular weight is 344 g/mol. The van der Waals surface area contributed by atoms with Crippen molar-refractivity contribution in [2.75, 3.05) is 50.8 Å². The van der Waals surface area contributed by atoms with Gasteiger partial charge >= 0.3 is 0 Å². The molecule has 2 amide bonds. The summed E-state index contributed by atoms with van der Waals surface area (Å²) < 4.78 is 5.29. The van der Waals surface area contributed by atoms with Gasteiger partial charge in [0.05, 0.1) is 24.2 Å². The van der Waals surface area contributed by atoms with Gasteiger partial charge in [-0.05, 0) is 31.4 Å². The van der Waals surface area contributed by atoms with Gasteiger partial charge in [0, 0.05) is 38.9 Å². The number of anilines is 1. The average Bonchev–Trinajstić information content (AvgIpc) is 3.10. The molecule has 3 aliphatic heterocycles. The van der Waals surface area contributed by atoms with Crippen molar-refractivity contribution in [3.8, 4) is 0 Å². The minimum Gasteiger partial charge on any atom is -0.378 e. The number of carbonyl (C=O) groups is 2. The lowest BCUT2D eigenvalue weighted by molar-refractivity contribution is -0.132. The zero-order chi connectivity index (χ0) is 17.3. The minimum atomic E-state index is -0.262. The summed E-state index contributed by atoms with van der Waals surface area (Å²) in [6.45, 7) is 4.77. The molecule has 1 unspecified atom stereocenters. The van der Waals surface area contributed by atoms with Crippen LogP contribution in [0.1, 0.15) is 29.6 Å². The van der Waals surface area contributed by atoms with Gasteiger partial charge in [0.25, 0.3) is 5.91 Å². The number of aromatic nitrogens is 1. The van der Waals surface area contributed by atoms with Gasteiger partial charge < -0.3 is 19.9 Å². The zero-order valence-corrected chi connectivity index (χ0v) is 14.4. The molecule has 4 rings (SSSR count). The van der Waals surface area contributed by atoms with Gasteiger partial charge in [-0.3, -0.25) is 9.59 Å². The van der Waals surface area contributed by atoms with Crippen molar-refractivity contribution in [3.05, 3.63) is 23.9 Å². The van der Waals surface area contributed by atoms with Crippen LogP contribution in [0.4, 0.5) is 5.82 Å². The lowest BCUT2D eigenvalue weighted by Gasteiger charge is -2.32. The Balaban J connectivity index is 1.44. The quantitative estimate of drug-likeness (QED) is 0.853. The number of ether oxygens (including phenoxy) is 1. The molecule has 3 fully saturated rings. The molecule has 134 valence electrons. The number of morpholine rings is 1. The zero-order valence-electron chi connectivity index (χ0n) is 14.4. The molecule has 3 aliphatic rings. The van der Waals surface area contributed by atoms with Crippen LogP contribution < -0.4 is 10.2 Å². The number of rotatable bonds is 2. The maximum atomic E-state index is 12.5. The Kier molecular flexibility index (Phi) is 4.33. The predicted molar refractivity (Wildman–Crippen MR) is 92.5 cm³/mol. The molecule has 0 radical (unpaired) electrons. The highest BCUT2D eigenvalue weighted by molar-refractivity contribution is 5.94. The van der Waals surface area contributed by atoms with E-state index in [1.54, 1.807) is 11.1 Å². The molecule has 0 saturated carbocycles. The summed E-state index contributed by atoms with van der Waals surface area (Å²) in [5, 5.41) is 3.00. The van der Waals surface area contributed by atoms with Gasteiger partial charge in [-0.15, -0.1) is 0 Å². The third-order valence-corrected chi connectivity index (χ3v) is 5.57. The van der Waals surface area contributed by atoms with Crippen molar-refractivity contribution >= 4 is 17.6 Å². The molecule has 0 bridgehead atoms. The van der Waals surface area contributed by atoms with Crippen LogP contribution in [0.3, 0.4) is 0 Å². The molecule has 1 aromatic heterocycles. The van der Waals surface area contributed by atoms with E-state index in [4.69, 9.17) is 4.74 Å². The number of pyridine rings is 1. The molecule has 7 heteroatoms. The molecule has 0 aliphatic carbocycles. The number of amides is 2. The lowest BCUT2D eigenvalue weighted by Crippen LogP contribution is -2.47. The third-order valence-electron chi connectivity index (χ3n) is 5.57. The Morgan fingerprint density at radius 1 is 1.20 bits per heavy atom. The smallest absolute Gasteiger partial charge is 0.255 e. The van der Waals surface area contributed by atoms with Gasteiger partial charge in [0.15, 0.2) is 0 Å². The Hall–Kier alpha value is -2.15. The van der Waals surface area contributed by atoms with E-state index in [2.05, 4.69) is 15.2 Å². The highest BCUT2D eigenvalue weighted by atomic mass is 16.5. The summed E-state index contributed by atoms with van der Waals surface area (Å²) in [7, 11) is 0. The maximum absolute atomic E-state index is 12.5. The number of nitrogens with one attached hydrogen (secondary N) is 1. The van der Waals surface area contributed by atoms with E-state index in [9.17, 15) is 9.59 Å². The number of hydrogen-bond donors (Lipinski definition) is 1. The Bertz CT molecular complexity index is 657. The Labute approximate surface area is 147 Å². The van der Waals surface area contributed by atoms with Crippen LogP contribution >= 0.6 is 0 Å². The van der Waals surface area contributed by atoms with E-state index >= 15 is 0 Å². The molecule has 7 nitrogen and oxygen atoms in total. The summed E-state index contributed by atoms with van der Waals surface area (Å²) in [6, 6.07) is 3.74. The van der Waals surface area contributed by atoms with Crippen LogP contribution in [0.5, 0.6) is 0 Å². The van der Waals surface area contributed by atoms with Gasteiger partial charge in [0.1, 0.15) is 5.82 Å². The van der Waals surface area contributed by atoms with Crippen LogP contribution in [-0.2, 0) is 9.53 Å². The largest absolute Gasteiger partial charge is 0.378 e. The minimum absolute atomic E-state index is 0.00639. The van der Waals surface area contributed by atoms with Crippen LogP contribution in [-0.4, -0.2) is 67.6 Å². The SMILES string of the molecule is O=C(c1ccc(N2CCC3(CCCNC3=O)C2)nc1)N1CCOCC1. The monoisotopic (exact) mass is 344 g/mol. The first-order chi connectivity index (χ1) is 12.2. The second kappa shape index (κ2) is 6.63. The molecule has 3 saturated heterocycles. The standard InChI is InChI=1S/C18H24N4O3/c23-16(21-8-10-25-11-9-21)14-2-3-15(20-12-14)22-7-5-18(13-22)4-1-6-19-17(18)24/h2-3,12H,1,4-11,13H2,(H,19,24). The third kappa shape index (κ3) is 3.08. The van der Waals surface area contributed by atoms with E-state index in [0.29, 0.717) is 38.4 Å². The van der Waals surface area contributed by atoms with Gasteiger partial charge in [-0.1, -0.05) is 0 Å². The van der Waals surface area contributed by atoms with Crippen molar-refractivity contribution < 1.29 is 14.3 Å². The number of nitrogens with zero attached hydrogens (tertiary/aromatic N) is 3. The normalized spacial score (nSPS) is 26.8. The molecular weight excluding hydrogens is 320 g/mol. The number of piperidine rings is 1. The van der Waals surface area contributed by atoms with Gasteiger partial charge in [-0.2, -0.15) is 0 Å². The fraction of sp³-hybridized carbons (Fsp3) is 0.611. The van der Waals surface area contributed by atoms with Crippen LogP contribution in [0, 0.1) is 5.41 Å². The van der Waals surface area contributed by atoms with E-state index in [-0.39, 0.29) is 17.2 Å². The highest BCUT2D eigenvalue weighted by Gasteiger charge is 2.45. The Morgan fingerprint density at radius 3 is 2.76 bits per heavy atom. The summed E-state index contributed by atoms with van der Waals surface area (Å²) in [5.41, 5.74) is 0.345. The van der Waals surface area contributed by atoms with Gasteiger partial charge in [0.2, 0.25) is 5.91 Å². The van der Waals surface area contributed by atoms with Crippen molar-refractivity contribution in [2.45, 2.75) is 19.3 Å². The summed E-state index contributed by atoms with van der Waals surface area (Å²) in [6.07, 6.45) is 4.51. The molecule has 25 heavy (non-hydrogen) atoms. The van der Waals surface area contributed by atoms with E-state index < -0.39 is 0 Å². The second-order valence-electron chi connectivity index (χ2n) is 7.12. The molecule has 0 aromatic carbocycles. The molecule has 1 atom stereocenters. The summed E-state index contributed by atoms with van der Waals surface area (Å²) in [5.74, 6) is 1.03. The maximum Gasteiger partial charge on any atom is 0.255 e. The molecule has 4 heterocycles. The molecular formula is C18H24N4O3. The molecule has 1 spiro atoms. The number of carbonyl (C=O) groups excluding carboxylic acids is 2. The summed E-state index contributed by atoms with van der Waals surface area (Å²) >= 11 is 0. The van der Waals surface area contributed by atoms with Crippen molar-refractivity contribution in [1.29, 1.82) is 0 Å². The molecule has 1 N–H and O–H groups in total. The fourth-order valence-electron chi connectivity index (χ4n) is 4.04. The predicted octanol–water partition coefficient (Wildman–Crippen LogP) is 0.660. The topological polar surface area (TPSA) is 74.8 Å². The first-order valence-electron chi connectivity index (χ1n) is 9.04. The van der Waals surface area contributed by atoms with Crippen LogP contribution in [0.15, 0.2) is 18.3 Å². The number of hydrogen-bond acceptors (Lipinski definition) is 5.